The summed E-state index contributed by atoms with van der Waals surface area (Å²) in [4.78, 5) is 35.0. The lowest BCUT2D eigenvalue weighted by Gasteiger charge is -2.22. The molecule has 1 rings (SSSR count). The van der Waals surface area contributed by atoms with E-state index in [2.05, 4.69) is 11.4 Å². The largest absolute Gasteiger partial charge is 0.480 e. The second-order valence-corrected chi connectivity index (χ2v) is 5.45. The van der Waals surface area contributed by atoms with Crippen molar-refractivity contribution in [3.05, 3.63) is 11.8 Å². The number of amides is 2. The Bertz CT molecular complexity index is 398. The second kappa shape index (κ2) is 8.63. The van der Waals surface area contributed by atoms with Crippen molar-refractivity contribution in [2.24, 2.45) is 0 Å². The summed E-state index contributed by atoms with van der Waals surface area (Å²) in [5, 5.41) is 11.1. The van der Waals surface area contributed by atoms with Crippen LogP contribution in [0.4, 0.5) is 0 Å². The van der Waals surface area contributed by atoms with Gasteiger partial charge in [0.05, 0.1) is 5.75 Å². The number of hydrogen-bond acceptors (Lipinski definition) is 4. The Balaban J connectivity index is 2.41. The van der Waals surface area contributed by atoms with E-state index in [1.54, 1.807) is 4.90 Å². The topological polar surface area (TPSA) is 86.7 Å². The molecule has 0 aromatic carbocycles. The van der Waals surface area contributed by atoms with Crippen LogP contribution in [0.1, 0.15) is 26.2 Å². The van der Waals surface area contributed by atoms with Gasteiger partial charge in [0.2, 0.25) is 12.3 Å². The van der Waals surface area contributed by atoms with E-state index in [0.717, 1.165) is 25.0 Å². The van der Waals surface area contributed by atoms with Gasteiger partial charge in [-0.05, 0) is 26.2 Å². The van der Waals surface area contributed by atoms with Crippen LogP contribution >= 0.6 is 11.8 Å². The predicted molar refractivity (Wildman–Crippen MR) is 77.3 cm³/mol. The van der Waals surface area contributed by atoms with Crippen molar-refractivity contribution in [3.63, 3.8) is 0 Å². The van der Waals surface area contributed by atoms with Crippen molar-refractivity contribution in [2.75, 3.05) is 18.1 Å². The molecule has 0 radical (unpaired) electrons. The number of carbonyl (C=O) groups is 3. The summed E-state index contributed by atoms with van der Waals surface area (Å²) >= 11 is 1.22. The fraction of sp³-hybridized carbons (Fsp3) is 0.615. The van der Waals surface area contributed by atoms with Gasteiger partial charge in [-0.3, -0.25) is 9.59 Å². The van der Waals surface area contributed by atoms with Crippen LogP contribution in [0.5, 0.6) is 0 Å². The number of aliphatic carboxylic acids is 1. The molecule has 0 bridgehead atoms. The van der Waals surface area contributed by atoms with E-state index in [-0.39, 0.29) is 17.4 Å². The van der Waals surface area contributed by atoms with Gasteiger partial charge in [-0.1, -0.05) is 6.08 Å². The summed E-state index contributed by atoms with van der Waals surface area (Å²) in [6, 6.07) is -0.953. The molecule has 7 heteroatoms. The second-order valence-electron chi connectivity index (χ2n) is 4.42. The molecule has 112 valence electrons. The number of carboxylic acids is 1. The van der Waals surface area contributed by atoms with Gasteiger partial charge in [-0.25, -0.2) is 4.79 Å². The number of carboxylic acid groups (broad SMARTS) is 1. The standard InChI is InChI=1S/C13H20N2O4S/c1-2-15(10-5-3-4-6-10)12(17)8-20-7-11(13(18)19)14-9-16/h5,9,11H,2-4,6-8H2,1H3,(H,14,16)(H,18,19). The third-order valence-electron chi connectivity index (χ3n) is 3.06. The first-order valence-electron chi connectivity index (χ1n) is 6.59. The molecule has 1 aliphatic carbocycles. The fourth-order valence-electron chi connectivity index (χ4n) is 2.05. The molecule has 6 nitrogen and oxygen atoms in total. The first kappa shape index (κ1) is 16.6. The molecular weight excluding hydrogens is 280 g/mol. The van der Waals surface area contributed by atoms with E-state index in [1.165, 1.54) is 11.8 Å². The summed E-state index contributed by atoms with van der Waals surface area (Å²) < 4.78 is 0. The van der Waals surface area contributed by atoms with Crippen LogP contribution in [0.3, 0.4) is 0 Å². The zero-order valence-electron chi connectivity index (χ0n) is 11.5. The normalized spacial score (nSPS) is 15.3. The first-order valence-corrected chi connectivity index (χ1v) is 7.75. The molecule has 0 aromatic heterocycles. The molecular formula is C13H20N2O4S. The summed E-state index contributed by atoms with van der Waals surface area (Å²) in [6.45, 7) is 2.55. The molecule has 0 heterocycles. The minimum Gasteiger partial charge on any atom is -0.480 e. The molecule has 1 unspecified atom stereocenters. The molecule has 0 spiro atoms. The maximum Gasteiger partial charge on any atom is 0.327 e. The minimum atomic E-state index is -1.09. The van der Waals surface area contributed by atoms with E-state index >= 15 is 0 Å². The van der Waals surface area contributed by atoms with Crippen LogP contribution in [0.25, 0.3) is 0 Å². The van der Waals surface area contributed by atoms with Crippen LogP contribution in [-0.4, -0.2) is 52.4 Å². The van der Waals surface area contributed by atoms with Crippen LogP contribution in [0, 0.1) is 0 Å². The van der Waals surface area contributed by atoms with Gasteiger partial charge >= 0.3 is 5.97 Å². The van der Waals surface area contributed by atoms with Crippen LogP contribution in [0.15, 0.2) is 11.8 Å². The van der Waals surface area contributed by atoms with E-state index in [1.807, 2.05) is 6.92 Å². The minimum absolute atomic E-state index is 0.0131. The highest BCUT2D eigenvalue weighted by atomic mass is 32.2. The molecule has 0 fully saturated rings. The van der Waals surface area contributed by atoms with Gasteiger partial charge in [-0.15, -0.1) is 11.8 Å². The third kappa shape index (κ3) is 4.88. The van der Waals surface area contributed by atoms with E-state index in [9.17, 15) is 14.4 Å². The molecule has 2 amide bonds. The van der Waals surface area contributed by atoms with E-state index in [0.29, 0.717) is 13.0 Å². The van der Waals surface area contributed by atoms with Gasteiger partial charge in [-0.2, -0.15) is 0 Å². The molecule has 1 atom stereocenters. The Labute approximate surface area is 122 Å². The summed E-state index contributed by atoms with van der Waals surface area (Å²) in [5.74, 6) is -0.713. The maximum absolute atomic E-state index is 12.1. The Morgan fingerprint density at radius 2 is 2.35 bits per heavy atom. The molecule has 1 aliphatic rings. The highest BCUT2D eigenvalue weighted by molar-refractivity contribution is 8.00. The third-order valence-corrected chi connectivity index (χ3v) is 4.08. The SMILES string of the molecule is CCN(C(=O)CSCC(NC=O)C(=O)O)C1=CCCC1. The van der Waals surface area contributed by atoms with Crippen molar-refractivity contribution in [1.29, 1.82) is 0 Å². The molecule has 0 aromatic rings. The summed E-state index contributed by atoms with van der Waals surface area (Å²) in [6.07, 6.45) is 5.46. The quantitative estimate of drug-likeness (QED) is 0.616. The molecule has 0 saturated heterocycles. The monoisotopic (exact) mass is 300 g/mol. The number of allylic oxidation sites excluding steroid dienone is 2. The summed E-state index contributed by atoms with van der Waals surface area (Å²) in [7, 11) is 0. The zero-order chi connectivity index (χ0) is 15.0. The van der Waals surface area contributed by atoms with Crippen molar-refractivity contribution in [3.8, 4) is 0 Å². The maximum atomic E-state index is 12.1. The Kier molecular flexibility index (Phi) is 7.14. The number of nitrogens with zero attached hydrogens (tertiary/aromatic N) is 1. The average molecular weight is 300 g/mol. The number of rotatable bonds is 9. The highest BCUT2D eigenvalue weighted by Gasteiger charge is 2.20. The number of nitrogens with one attached hydrogen (secondary N) is 1. The fourth-order valence-corrected chi connectivity index (χ4v) is 2.98. The zero-order valence-corrected chi connectivity index (χ0v) is 12.3. The number of hydrogen-bond donors (Lipinski definition) is 2. The smallest absolute Gasteiger partial charge is 0.327 e. The van der Waals surface area contributed by atoms with Gasteiger partial charge < -0.3 is 15.3 Å². The van der Waals surface area contributed by atoms with Crippen molar-refractivity contribution < 1.29 is 19.5 Å². The van der Waals surface area contributed by atoms with Crippen LogP contribution in [0.2, 0.25) is 0 Å². The number of carbonyl (C=O) groups excluding carboxylic acids is 2. The lowest BCUT2D eigenvalue weighted by molar-refractivity contribution is -0.139. The van der Waals surface area contributed by atoms with E-state index in [4.69, 9.17) is 5.11 Å². The molecule has 0 aliphatic heterocycles. The van der Waals surface area contributed by atoms with Gasteiger partial charge in [0.1, 0.15) is 6.04 Å². The lowest BCUT2D eigenvalue weighted by Crippen LogP contribution is -2.38. The first-order chi connectivity index (χ1) is 9.60. The Hall–Kier alpha value is -1.50. The van der Waals surface area contributed by atoms with Gasteiger partial charge in [0, 0.05) is 18.0 Å². The van der Waals surface area contributed by atoms with E-state index < -0.39 is 12.0 Å². The Morgan fingerprint density at radius 3 is 2.85 bits per heavy atom. The van der Waals surface area contributed by atoms with Crippen molar-refractivity contribution in [1.82, 2.24) is 10.2 Å². The van der Waals surface area contributed by atoms with Crippen LogP contribution in [-0.2, 0) is 14.4 Å². The Morgan fingerprint density at radius 1 is 1.60 bits per heavy atom. The highest BCUT2D eigenvalue weighted by Crippen LogP contribution is 2.22. The molecule has 2 N–H and O–H groups in total. The summed E-state index contributed by atoms with van der Waals surface area (Å²) in [5.41, 5.74) is 1.07. The lowest BCUT2D eigenvalue weighted by atomic mass is 10.3. The molecule has 20 heavy (non-hydrogen) atoms. The van der Waals surface area contributed by atoms with Crippen molar-refractivity contribution >= 4 is 30.0 Å². The van der Waals surface area contributed by atoms with Gasteiger partial charge in [0.15, 0.2) is 0 Å². The molecule has 0 saturated carbocycles. The average Bonchev–Trinajstić information content (AvgIpc) is 2.92. The van der Waals surface area contributed by atoms with Crippen LogP contribution < -0.4 is 5.32 Å². The van der Waals surface area contributed by atoms with Gasteiger partial charge in [0.25, 0.3) is 0 Å². The predicted octanol–water partition coefficient (Wildman–Crippen LogP) is 0.835. The number of thioether (sulfide) groups is 1. The van der Waals surface area contributed by atoms with Crippen molar-refractivity contribution in [2.45, 2.75) is 32.2 Å².